The van der Waals surface area contributed by atoms with Crippen LogP contribution < -0.4 is 4.74 Å². The van der Waals surface area contributed by atoms with Crippen molar-refractivity contribution in [1.29, 1.82) is 5.26 Å². The number of aromatic nitrogens is 2. The summed E-state index contributed by atoms with van der Waals surface area (Å²) in [6.07, 6.45) is 8.35. The van der Waals surface area contributed by atoms with Crippen molar-refractivity contribution in [2.75, 3.05) is 6.61 Å². The number of nitriles is 1. The SMILES string of the molecule is N#CCOc1ccc(/C=C/C(=O)OCc2ccc(-n3ccnc3)cc2)cc1. The molecule has 0 N–H and O–H groups in total. The third-order valence-electron chi connectivity index (χ3n) is 3.72. The summed E-state index contributed by atoms with van der Waals surface area (Å²) in [7, 11) is 0. The van der Waals surface area contributed by atoms with E-state index in [1.807, 2.05) is 41.1 Å². The highest BCUT2D eigenvalue weighted by Crippen LogP contribution is 2.13. The van der Waals surface area contributed by atoms with Gasteiger partial charge in [-0.05, 0) is 41.5 Å². The van der Waals surface area contributed by atoms with E-state index in [-0.39, 0.29) is 13.2 Å². The van der Waals surface area contributed by atoms with Crippen molar-refractivity contribution in [2.24, 2.45) is 0 Å². The molecule has 0 saturated carbocycles. The Morgan fingerprint density at radius 2 is 1.93 bits per heavy atom. The van der Waals surface area contributed by atoms with Gasteiger partial charge in [-0.25, -0.2) is 9.78 Å². The highest BCUT2D eigenvalue weighted by Gasteiger charge is 2.01. The van der Waals surface area contributed by atoms with Crippen molar-refractivity contribution < 1.29 is 14.3 Å². The fraction of sp³-hybridized carbons (Fsp3) is 0.0952. The number of carbonyl (C=O) groups is 1. The molecule has 27 heavy (non-hydrogen) atoms. The molecule has 1 heterocycles. The Hall–Kier alpha value is -3.85. The maximum absolute atomic E-state index is 11.9. The van der Waals surface area contributed by atoms with Crippen molar-refractivity contribution >= 4 is 12.0 Å². The van der Waals surface area contributed by atoms with Gasteiger partial charge >= 0.3 is 5.97 Å². The van der Waals surface area contributed by atoms with E-state index in [9.17, 15) is 4.79 Å². The molecule has 6 nitrogen and oxygen atoms in total. The maximum Gasteiger partial charge on any atom is 0.331 e. The first-order valence-corrected chi connectivity index (χ1v) is 8.26. The first kappa shape index (κ1) is 18.0. The Morgan fingerprint density at radius 3 is 2.59 bits per heavy atom. The Morgan fingerprint density at radius 1 is 1.15 bits per heavy atom. The van der Waals surface area contributed by atoms with Gasteiger partial charge in [0.05, 0.1) is 6.33 Å². The minimum absolute atomic E-state index is 0.00477. The molecule has 2 aromatic carbocycles. The lowest BCUT2D eigenvalue weighted by Gasteiger charge is -2.05. The molecule has 3 rings (SSSR count). The van der Waals surface area contributed by atoms with Crippen LogP contribution in [0.4, 0.5) is 0 Å². The van der Waals surface area contributed by atoms with Crippen molar-refractivity contribution in [1.82, 2.24) is 9.55 Å². The first-order chi connectivity index (χ1) is 13.2. The van der Waals surface area contributed by atoms with E-state index >= 15 is 0 Å². The van der Waals surface area contributed by atoms with Crippen LogP contribution in [0.3, 0.4) is 0 Å². The molecule has 1 aromatic heterocycles. The molecular weight excluding hydrogens is 342 g/mol. The lowest BCUT2D eigenvalue weighted by molar-refractivity contribution is -0.138. The van der Waals surface area contributed by atoms with Crippen molar-refractivity contribution in [3.63, 3.8) is 0 Å². The highest BCUT2D eigenvalue weighted by molar-refractivity contribution is 5.87. The van der Waals surface area contributed by atoms with E-state index in [1.165, 1.54) is 6.08 Å². The van der Waals surface area contributed by atoms with Crippen molar-refractivity contribution in [3.8, 4) is 17.5 Å². The number of imidazole rings is 1. The molecule has 3 aromatic rings. The summed E-state index contributed by atoms with van der Waals surface area (Å²) in [6.45, 7) is 0.207. The van der Waals surface area contributed by atoms with Crippen molar-refractivity contribution in [2.45, 2.75) is 6.61 Å². The second-order valence-electron chi connectivity index (χ2n) is 5.59. The van der Waals surface area contributed by atoms with Gasteiger partial charge in [-0.15, -0.1) is 0 Å². The van der Waals surface area contributed by atoms with Gasteiger partial charge in [0.2, 0.25) is 0 Å². The molecule has 0 aliphatic rings. The summed E-state index contributed by atoms with van der Waals surface area (Å²) < 4.78 is 12.3. The van der Waals surface area contributed by atoms with Crippen LogP contribution in [0.1, 0.15) is 11.1 Å². The normalized spacial score (nSPS) is 10.5. The van der Waals surface area contributed by atoms with Gasteiger partial charge < -0.3 is 14.0 Å². The second kappa shape index (κ2) is 9.02. The predicted octanol–water partition coefficient (Wildman–Crippen LogP) is 3.53. The number of benzene rings is 2. The number of hydrogen-bond acceptors (Lipinski definition) is 5. The second-order valence-corrected chi connectivity index (χ2v) is 5.59. The molecule has 134 valence electrons. The minimum Gasteiger partial charge on any atom is -0.479 e. The van der Waals surface area contributed by atoms with E-state index in [0.29, 0.717) is 5.75 Å². The van der Waals surface area contributed by atoms with Gasteiger partial charge in [0, 0.05) is 24.2 Å². The van der Waals surface area contributed by atoms with Crippen LogP contribution in [-0.4, -0.2) is 22.1 Å². The molecular formula is C21H17N3O3. The zero-order chi connectivity index (χ0) is 18.9. The maximum atomic E-state index is 11.9. The molecule has 0 aliphatic heterocycles. The smallest absolute Gasteiger partial charge is 0.331 e. The van der Waals surface area contributed by atoms with Gasteiger partial charge in [0.1, 0.15) is 18.4 Å². The number of nitrogens with zero attached hydrogens (tertiary/aromatic N) is 3. The Balaban J connectivity index is 1.49. The average Bonchev–Trinajstić information content (AvgIpc) is 3.25. The summed E-state index contributed by atoms with van der Waals surface area (Å²) in [4.78, 5) is 15.9. The van der Waals surface area contributed by atoms with Crippen LogP contribution in [0, 0.1) is 11.3 Å². The van der Waals surface area contributed by atoms with E-state index in [1.54, 1.807) is 42.9 Å². The molecule has 0 fully saturated rings. The number of hydrogen-bond donors (Lipinski definition) is 0. The predicted molar refractivity (Wildman–Crippen MR) is 99.9 cm³/mol. The standard InChI is InChI=1S/C21H17N3O3/c22-11-14-26-20-8-3-17(4-9-20)5-10-21(25)27-15-18-1-6-19(7-2-18)24-13-12-23-16-24/h1-10,12-13,16H,14-15H2/b10-5+. The quantitative estimate of drug-likeness (QED) is 0.476. The molecule has 0 bridgehead atoms. The van der Waals surface area contributed by atoms with Crippen LogP contribution in [-0.2, 0) is 16.1 Å². The molecule has 0 spiro atoms. The third kappa shape index (κ3) is 5.31. The van der Waals surface area contributed by atoms with Gasteiger partial charge in [0.15, 0.2) is 6.61 Å². The van der Waals surface area contributed by atoms with Crippen LogP contribution in [0.15, 0.2) is 73.3 Å². The Labute approximate surface area is 156 Å². The molecule has 0 radical (unpaired) electrons. The third-order valence-corrected chi connectivity index (χ3v) is 3.72. The van der Waals surface area contributed by atoms with Gasteiger partial charge in [-0.1, -0.05) is 24.3 Å². The molecule has 0 aliphatic carbocycles. The molecule has 0 amide bonds. The van der Waals surface area contributed by atoms with E-state index in [2.05, 4.69) is 4.98 Å². The highest BCUT2D eigenvalue weighted by atomic mass is 16.5. The van der Waals surface area contributed by atoms with Gasteiger partial charge in [-0.2, -0.15) is 5.26 Å². The zero-order valence-electron chi connectivity index (χ0n) is 14.5. The summed E-state index contributed by atoms with van der Waals surface area (Å²) in [5, 5.41) is 8.48. The summed E-state index contributed by atoms with van der Waals surface area (Å²) in [5.41, 5.74) is 2.73. The minimum atomic E-state index is -0.418. The fourth-order valence-corrected chi connectivity index (χ4v) is 2.33. The number of carbonyl (C=O) groups excluding carboxylic acids is 1. The average molecular weight is 359 g/mol. The van der Waals surface area contributed by atoms with E-state index < -0.39 is 5.97 Å². The van der Waals surface area contributed by atoms with Crippen LogP contribution in [0.5, 0.6) is 5.75 Å². The summed E-state index contributed by atoms with van der Waals surface area (Å²) >= 11 is 0. The fourth-order valence-electron chi connectivity index (χ4n) is 2.33. The van der Waals surface area contributed by atoms with Crippen molar-refractivity contribution in [3.05, 3.63) is 84.5 Å². The van der Waals surface area contributed by atoms with Crippen LogP contribution in [0.2, 0.25) is 0 Å². The lowest BCUT2D eigenvalue weighted by atomic mass is 10.2. The van der Waals surface area contributed by atoms with E-state index in [0.717, 1.165) is 16.8 Å². The lowest BCUT2D eigenvalue weighted by Crippen LogP contribution is -2.01. The zero-order valence-corrected chi connectivity index (χ0v) is 14.5. The van der Waals surface area contributed by atoms with Crippen LogP contribution in [0.25, 0.3) is 11.8 Å². The van der Waals surface area contributed by atoms with Crippen LogP contribution >= 0.6 is 0 Å². The molecule has 0 saturated heterocycles. The Bertz CT molecular complexity index is 938. The molecule has 0 atom stereocenters. The summed E-state index contributed by atoms with van der Waals surface area (Å²) in [5.74, 6) is 0.189. The largest absolute Gasteiger partial charge is 0.479 e. The van der Waals surface area contributed by atoms with Gasteiger partial charge in [0.25, 0.3) is 0 Å². The van der Waals surface area contributed by atoms with Gasteiger partial charge in [-0.3, -0.25) is 0 Å². The Kier molecular flexibility index (Phi) is 6.00. The monoisotopic (exact) mass is 359 g/mol. The number of ether oxygens (including phenoxy) is 2. The number of rotatable bonds is 7. The van der Waals surface area contributed by atoms with E-state index in [4.69, 9.17) is 14.7 Å². The number of esters is 1. The first-order valence-electron chi connectivity index (χ1n) is 8.26. The topological polar surface area (TPSA) is 77.1 Å². The summed E-state index contributed by atoms with van der Waals surface area (Å²) in [6, 6.07) is 16.7. The molecule has 0 unspecified atom stereocenters. The molecule has 6 heteroatoms.